The topological polar surface area (TPSA) is 95.9 Å². The number of rotatable bonds is 8. The van der Waals surface area contributed by atoms with E-state index in [0.717, 1.165) is 0 Å². The summed E-state index contributed by atoms with van der Waals surface area (Å²) >= 11 is 0. The molecule has 1 rings (SSSR count). The van der Waals surface area contributed by atoms with Crippen molar-refractivity contribution < 1.29 is 24.5 Å². The van der Waals surface area contributed by atoms with Crippen LogP contribution >= 0.6 is 0 Å². The lowest BCUT2D eigenvalue weighted by atomic mass is 10.1. The van der Waals surface area contributed by atoms with Gasteiger partial charge >= 0.3 is 5.97 Å². The van der Waals surface area contributed by atoms with Gasteiger partial charge in [0.15, 0.2) is 0 Å². The van der Waals surface area contributed by atoms with Crippen LogP contribution in [0.2, 0.25) is 0 Å². The van der Waals surface area contributed by atoms with Crippen LogP contribution in [-0.4, -0.2) is 41.3 Å². The molecule has 0 bridgehead atoms. The molecule has 0 radical (unpaired) electrons. The number of aliphatic hydroxyl groups is 1. The first-order valence-corrected chi connectivity index (χ1v) is 6.81. The maximum absolute atomic E-state index is 12.0. The zero-order valence-corrected chi connectivity index (χ0v) is 12.2. The fourth-order valence-electron chi connectivity index (χ4n) is 1.62. The molecule has 3 N–H and O–H groups in total. The minimum absolute atomic E-state index is 0.0371. The second-order valence-electron chi connectivity index (χ2n) is 5.11. The quantitative estimate of drug-likeness (QED) is 0.671. The number of nitrogens with one attached hydrogen (secondary N) is 1. The van der Waals surface area contributed by atoms with E-state index >= 15 is 0 Å². The number of hydrogen-bond acceptors (Lipinski definition) is 4. The average molecular weight is 295 g/mol. The number of aliphatic hydroxyl groups excluding tert-OH is 1. The van der Waals surface area contributed by atoms with Crippen molar-refractivity contribution in [3.05, 3.63) is 29.8 Å². The molecule has 6 nitrogen and oxygen atoms in total. The summed E-state index contributed by atoms with van der Waals surface area (Å²) in [6.45, 7) is 4.26. The van der Waals surface area contributed by atoms with Crippen LogP contribution in [0, 0.1) is 5.92 Å². The Kier molecular flexibility index (Phi) is 6.68. The molecule has 0 aliphatic carbocycles. The first-order chi connectivity index (χ1) is 9.93. The Labute approximate surface area is 123 Å². The predicted octanol–water partition coefficient (Wildman–Crippen LogP) is 1.29. The average Bonchev–Trinajstić information content (AvgIpc) is 2.44. The molecule has 0 aromatic heterocycles. The number of carbonyl (C=O) groups is 2. The summed E-state index contributed by atoms with van der Waals surface area (Å²) < 4.78 is 5.52. The molecule has 0 heterocycles. The standard InChI is InChI=1S/C15H21NO5/c1-10(2)9-21-12-5-3-4-11(8-12)14(18)16-13(6-7-17)15(19)20/h3-5,8,10,13,17H,6-7,9H2,1-2H3,(H,16,18)(H,19,20)/t13-/m0/s1. The predicted molar refractivity (Wildman–Crippen MR) is 77.4 cm³/mol. The normalized spacial score (nSPS) is 12.0. The maximum atomic E-state index is 12.0. The van der Waals surface area contributed by atoms with Crippen molar-refractivity contribution in [1.82, 2.24) is 5.32 Å². The number of carboxylic acid groups (broad SMARTS) is 1. The fraction of sp³-hybridized carbons (Fsp3) is 0.467. The fourth-order valence-corrected chi connectivity index (χ4v) is 1.62. The van der Waals surface area contributed by atoms with Gasteiger partial charge in [0.2, 0.25) is 0 Å². The Morgan fingerprint density at radius 3 is 2.62 bits per heavy atom. The lowest BCUT2D eigenvalue weighted by molar-refractivity contribution is -0.139. The molecule has 0 unspecified atom stereocenters. The summed E-state index contributed by atoms with van der Waals surface area (Å²) in [5.74, 6) is -0.760. The van der Waals surface area contributed by atoms with E-state index in [2.05, 4.69) is 5.32 Å². The molecule has 1 aromatic carbocycles. The number of carbonyl (C=O) groups excluding carboxylic acids is 1. The zero-order valence-electron chi connectivity index (χ0n) is 12.2. The van der Waals surface area contributed by atoms with E-state index in [1.54, 1.807) is 24.3 Å². The van der Waals surface area contributed by atoms with Crippen LogP contribution < -0.4 is 10.1 Å². The van der Waals surface area contributed by atoms with Crippen LogP contribution in [0.1, 0.15) is 30.6 Å². The van der Waals surface area contributed by atoms with Crippen molar-refractivity contribution >= 4 is 11.9 Å². The molecule has 6 heteroatoms. The Hall–Kier alpha value is -2.08. The van der Waals surface area contributed by atoms with Crippen LogP contribution in [0.5, 0.6) is 5.75 Å². The van der Waals surface area contributed by atoms with E-state index < -0.39 is 17.9 Å². The lowest BCUT2D eigenvalue weighted by Gasteiger charge is -2.14. The van der Waals surface area contributed by atoms with Gasteiger partial charge in [0.05, 0.1) is 6.61 Å². The highest BCUT2D eigenvalue weighted by Gasteiger charge is 2.20. The minimum atomic E-state index is -1.18. The first-order valence-electron chi connectivity index (χ1n) is 6.81. The summed E-state index contributed by atoms with van der Waals surface area (Å²) in [5.41, 5.74) is 0.320. The van der Waals surface area contributed by atoms with Gasteiger partial charge in [-0.05, 0) is 24.1 Å². The molecule has 21 heavy (non-hydrogen) atoms. The Bertz CT molecular complexity index is 487. The van der Waals surface area contributed by atoms with Crippen molar-refractivity contribution in [2.45, 2.75) is 26.3 Å². The van der Waals surface area contributed by atoms with Crippen LogP contribution in [0.25, 0.3) is 0 Å². The molecular weight excluding hydrogens is 274 g/mol. The monoisotopic (exact) mass is 295 g/mol. The summed E-state index contributed by atoms with van der Waals surface area (Å²) in [5, 5.41) is 20.1. The van der Waals surface area contributed by atoms with E-state index in [1.165, 1.54) is 0 Å². The Morgan fingerprint density at radius 1 is 1.33 bits per heavy atom. The molecule has 0 aliphatic heterocycles. The SMILES string of the molecule is CC(C)COc1cccc(C(=O)N[C@@H](CCO)C(=O)O)c1. The Balaban J connectivity index is 2.73. The first kappa shape index (κ1) is 17.0. The smallest absolute Gasteiger partial charge is 0.326 e. The lowest BCUT2D eigenvalue weighted by Crippen LogP contribution is -2.41. The van der Waals surface area contributed by atoms with Gasteiger partial charge in [0, 0.05) is 18.6 Å². The van der Waals surface area contributed by atoms with Gasteiger partial charge in [-0.2, -0.15) is 0 Å². The van der Waals surface area contributed by atoms with E-state index in [9.17, 15) is 9.59 Å². The van der Waals surface area contributed by atoms with Crippen molar-refractivity contribution in [1.29, 1.82) is 0 Å². The molecule has 0 saturated carbocycles. The third-order valence-corrected chi connectivity index (χ3v) is 2.70. The van der Waals surface area contributed by atoms with Gasteiger partial charge in [-0.25, -0.2) is 4.79 Å². The van der Waals surface area contributed by atoms with Crippen molar-refractivity contribution in [2.24, 2.45) is 5.92 Å². The molecule has 0 fully saturated rings. The third-order valence-electron chi connectivity index (χ3n) is 2.70. The van der Waals surface area contributed by atoms with E-state index in [-0.39, 0.29) is 13.0 Å². The van der Waals surface area contributed by atoms with Gasteiger partial charge in [0.25, 0.3) is 5.91 Å². The molecule has 1 aromatic rings. The highest BCUT2D eigenvalue weighted by atomic mass is 16.5. The van der Waals surface area contributed by atoms with Gasteiger partial charge in [-0.15, -0.1) is 0 Å². The van der Waals surface area contributed by atoms with Crippen molar-refractivity contribution in [3.63, 3.8) is 0 Å². The molecule has 0 aliphatic rings. The van der Waals surface area contributed by atoms with Crippen LogP contribution in [-0.2, 0) is 4.79 Å². The largest absolute Gasteiger partial charge is 0.493 e. The number of benzene rings is 1. The van der Waals surface area contributed by atoms with Gasteiger partial charge in [0.1, 0.15) is 11.8 Å². The van der Waals surface area contributed by atoms with Crippen molar-refractivity contribution in [3.8, 4) is 5.75 Å². The number of amides is 1. The summed E-state index contributed by atoms with van der Waals surface area (Å²) in [6, 6.07) is 5.45. The van der Waals surface area contributed by atoms with Crippen LogP contribution in [0.4, 0.5) is 0 Å². The number of aliphatic carboxylic acids is 1. The second-order valence-corrected chi connectivity index (χ2v) is 5.11. The molecule has 1 amide bonds. The number of hydrogen-bond donors (Lipinski definition) is 3. The molecule has 116 valence electrons. The maximum Gasteiger partial charge on any atom is 0.326 e. The Morgan fingerprint density at radius 2 is 2.05 bits per heavy atom. The molecule has 0 spiro atoms. The highest BCUT2D eigenvalue weighted by molar-refractivity contribution is 5.96. The molecule has 1 atom stereocenters. The summed E-state index contributed by atoms with van der Waals surface area (Å²) in [6.07, 6.45) is -0.0371. The second kappa shape index (κ2) is 8.26. The van der Waals surface area contributed by atoms with Crippen LogP contribution in [0.3, 0.4) is 0 Å². The van der Waals surface area contributed by atoms with Crippen LogP contribution in [0.15, 0.2) is 24.3 Å². The van der Waals surface area contributed by atoms with E-state index in [0.29, 0.717) is 23.8 Å². The van der Waals surface area contributed by atoms with E-state index in [4.69, 9.17) is 14.9 Å². The summed E-state index contributed by atoms with van der Waals surface area (Å²) in [4.78, 5) is 23.0. The number of carboxylic acids is 1. The minimum Gasteiger partial charge on any atom is -0.493 e. The molecular formula is C15H21NO5. The number of ether oxygens (including phenoxy) is 1. The summed E-state index contributed by atoms with van der Waals surface area (Å²) in [7, 11) is 0. The van der Waals surface area contributed by atoms with Crippen molar-refractivity contribution in [2.75, 3.05) is 13.2 Å². The third kappa shape index (κ3) is 5.83. The molecule has 0 saturated heterocycles. The van der Waals surface area contributed by atoms with E-state index in [1.807, 2.05) is 13.8 Å². The van der Waals surface area contributed by atoms with Gasteiger partial charge < -0.3 is 20.3 Å². The van der Waals surface area contributed by atoms with Gasteiger partial charge in [-0.1, -0.05) is 19.9 Å². The zero-order chi connectivity index (χ0) is 15.8. The highest BCUT2D eigenvalue weighted by Crippen LogP contribution is 2.14. The van der Waals surface area contributed by atoms with Gasteiger partial charge in [-0.3, -0.25) is 4.79 Å².